The van der Waals surface area contributed by atoms with Crippen LogP contribution in [0.15, 0.2) is 255 Å². The molecule has 0 radical (unpaired) electrons. The van der Waals surface area contributed by atoms with Crippen molar-refractivity contribution in [3.05, 3.63) is 356 Å². The van der Waals surface area contributed by atoms with E-state index in [9.17, 15) is 28.8 Å². The molecule has 138 heavy (non-hydrogen) atoms. The van der Waals surface area contributed by atoms with Gasteiger partial charge in [0.2, 0.25) is 35.4 Å². The molecule has 6 aromatic carbocycles. The van der Waals surface area contributed by atoms with Gasteiger partial charge in [0.05, 0.1) is 142 Å². The Labute approximate surface area is 906 Å². The van der Waals surface area contributed by atoms with Crippen molar-refractivity contribution in [2.75, 3.05) is 84.3 Å². The Balaban J connectivity index is 0.000000200. The van der Waals surface area contributed by atoms with Crippen LogP contribution in [0.4, 0.5) is 0 Å². The van der Waals surface area contributed by atoms with Crippen molar-refractivity contribution >= 4 is 69.3 Å². The molecule has 708 valence electrons. The average Bonchev–Trinajstić information content (AvgIpc) is 1.57. The Morgan fingerprint density at radius 3 is 0.645 bits per heavy atom. The number of carbonyl (C=O) groups is 6. The first-order valence-electron chi connectivity index (χ1n) is 75.1. The highest BCUT2D eigenvalue weighted by Crippen LogP contribution is 2.34. The molecule has 2 atom stereocenters. The summed E-state index contributed by atoms with van der Waals surface area (Å²) < 4.78 is 557. The van der Waals surface area contributed by atoms with Crippen LogP contribution in [0.3, 0.4) is 0 Å². The van der Waals surface area contributed by atoms with Crippen LogP contribution in [0.25, 0.3) is 101 Å². The van der Waals surface area contributed by atoms with Gasteiger partial charge in [-0.1, -0.05) is 215 Å². The number of amides is 6. The second-order valence-electron chi connectivity index (χ2n) is 30.4. The fourth-order valence-electron chi connectivity index (χ4n) is 12.2. The number of likely N-dealkylation sites (N-methyl/N-ethyl adjacent to an activating group) is 6. The number of benzene rings is 6. The van der Waals surface area contributed by atoms with Gasteiger partial charge in [0, 0.05) is 214 Å². The lowest BCUT2D eigenvalue weighted by atomic mass is 10.1. The molecule has 12 aromatic heterocycles. The molecule has 6 amide bonds. The lowest BCUT2D eigenvalue weighted by Crippen LogP contribution is -2.24. The highest BCUT2D eigenvalue weighted by atomic mass is 16.2. The van der Waals surface area contributed by atoms with Gasteiger partial charge in [-0.25, -0.2) is 29.9 Å². The minimum absolute atomic E-state index is 0.00397. The molecule has 18 rings (SSSR count). The third kappa shape index (κ3) is 24.1. The summed E-state index contributed by atoms with van der Waals surface area (Å²) in [6.45, 7) is -26.5. The third-order valence-corrected chi connectivity index (χ3v) is 19.0. The van der Waals surface area contributed by atoms with Crippen LogP contribution in [-0.2, 0) is 67.1 Å². The van der Waals surface area contributed by atoms with E-state index in [1.165, 1.54) is 130 Å². The van der Waals surface area contributed by atoms with E-state index in [1.807, 2.05) is 26.0 Å². The van der Waals surface area contributed by atoms with Crippen LogP contribution < -0.4 is 0 Å². The second-order valence-corrected chi connectivity index (χ2v) is 30.4. The number of pyridine rings is 6. The Kier molecular flexibility index (Phi) is 13.8. The van der Waals surface area contributed by atoms with Gasteiger partial charge in [0.25, 0.3) is 0 Å². The molecule has 0 fully saturated rings. The van der Waals surface area contributed by atoms with E-state index in [1.54, 1.807) is 36.4 Å². The first-order valence-corrected chi connectivity index (χ1v) is 40.4. The molecule has 0 aliphatic carbocycles. The van der Waals surface area contributed by atoms with E-state index in [2.05, 4.69) is 29.9 Å². The number of aromatic nitrogens is 12. The topological polar surface area (TPSA) is 226 Å². The SMILES string of the molecule is [2H]c1c(C([2H])([2H])[2H])c([2H])n2c(C([2H])([2H])C(=O)N(C)C)c(-c3ccc(C([2H])([2H])[2H])cc3)nc2c1[2H].[2H]c1c(C([2H])([2H])[2H])c([2H])n2c(C([2H])([2H])C(=O)N(C)C)c(-c3ccc(C)cc3)nc2c1[2H].[2H]c1c(C)c([2H])n2c(C([2H])([2H])C(=O)N(C)C)c(-c3ccc(C([2H])([2H])[2H])cc3)nc2c1[2H].[2H]c1c(C)c([2H])n2c(C([2H])([2H])C(=O)N(C)C)c(-c3ccc(C)cc3)nc2c1[2H].[2H]c1c([2H])c(C([2H])([2H])[2H])c([2H])c([2H])c1-c1nc2c([2H])c([2H])c(C([2H])([2H])[2H])c([2H])n2c1C([2H])C(=O)N(C([2H])([2H])[2H])C([2H])([2H])[2H].[2H]c1c([2H])c(C([2H])([2H])[2H])c([2H])c([2H])c1-c1nc2c([2H])c([2H])c(C)c([2H])n2c1C([2H])C(=O)N(C([2H])([2H])[2H])C([2H])([2H])[2H]. The maximum atomic E-state index is 13.4. The number of hydrogen-bond acceptors (Lipinski definition) is 12. The van der Waals surface area contributed by atoms with Crippen LogP contribution in [0.2, 0.25) is 0 Å². The molecule has 0 aliphatic heterocycles. The standard InChI is InChI=1S/6C19H21N3O/c6*1-13-5-8-15(9-6-13)19-16(11-18(23)21(3)4)22-12-14(2)7-10-17(22)20-19/h6*5-10,12H,11H2,1-4H3/i1D3,2D3,3D3,4D3,5D,6D,7D,8D,9D,10D,11D,12D;1D3,3D3,4D3,5D,6D,7D,8D,9D,10D,11D,12D;1D3,2D3,7D,10D,11D2,12D;2D3,7D,10D,11D2,12D;1D3,7D,10D,11D2,12D;7D,10D,11D2,12D. The summed E-state index contributed by atoms with van der Waals surface area (Å²) in [5.74, 6) is -7.41. The van der Waals surface area contributed by atoms with Crippen LogP contribution in [0, 0.1) is 82.6 Å². The van der Waals surface area contributed by atoms with Gasteiger partial charge >= 0.3 is 0 Å². The van der Waals surface area contributed by atoms with Gasteiger partial charge in [0.15, 0.2) is 0 Å². The third-order valence-electron chi connectivity index (χ3n) is 19.0. The lowest BCUT2D eigenvalue weighted by molar-refractivity contribution is -0.128. The summed E-state index contributed by atoms with van der Waals surface area (Å²) in [7, 11) is 11.1. The predicted octanol–water partition coefficient (Wildman–Crippen LogP) is 19.5. The van der Waals surface area contributed by atoms with Crippen LogP contribution in [0.5, 0.6) is 0 Å². The molecule has 24 nitrogen and oxygen atoms in total. The molecular formula is C114H126N18O6. The second kappa shape index (κ2) is 43.7. The van der Waals surface area contributed by atoms with Crippen LogP contribution >= 0.6 is 0 Å². The molecule has 18 aromatic rings. The summed E-state index contributed by atoms with van der Waals surface area (Å²) in [5, 5.41) is 0. The minimum atomic E-state index is -3.67. The molecule has 2 unspecified atom stereocenters. The number of aryl methyl sites for hydroxylation is 4. The molecule has 24 heteroatoms. The molecule has 0 saturated heterocycles. The van der Waals surface area contributed by atoms with Gasteiger partial charge in [0.1, 0.15) is 33.9 Å². The zero-order valence-corrected chi connectivity index (χ0v) is 75.4. The van der Waals surface area contributed by atoms with Gasteiger partial charge in [-0.15, -0.1) is 0 Å². The van der Waals surface area contributed by atoms with Crippen molar-refractivity contribution in [1.29, 1.82) is 0 Å². The Bertz CT molecular complexity index is 10900. The van der Waals surface area contributed by atoms with E-state index < -0.39 is 359 Å². The lowest BCUT2D eigenvalue weighted by Gasteiger charge is -2.11. The molecule has 0 bridgehead atoms. The maximum Gasteiger partial charge on any atom is 0.228 e. The van der Waals surface area contributed by atoms with E-state index in [0.29, 0.717) is 25.5 Å². The van der Waals surface area contributed by atoms with Crippen molar-refractivity contribution in [3.63, 3.8) is 0 Å². The zero-order chi connectivity index (χ0) is 158. The Morgan fingerprint density at radius 1 is 0.232 bits per heavy atom. The quantitative estimate of drug-likeness (QED) is 0.0782. The Morgan fingerprint density at radius 2 is 0.428 bits per heavy atom. The maximum absolute atomic E-state index is 13.4. The summed E-state index contributed by atoms with van der Waals surface area (Å²) in [4.78, 5) is 106. The fraction of sp³-hybridized carbons (Fsp3) is 0.263. The van der Waals surface area contributed by atoms with E-state index >= 15 is 0 Å². The first kappa shape index (κ1) is 43.5. The molecule has 0 aliphatic rings. The van der Waals surface area contributed by atoms with E-state index in [-0.39, 0.29) is 132 Å². The summed E-state index contributed by atoms with van der Waals surface area (Å²) in [5.41, 5.74) is -9.11. The van der Waals surface area contributed by atoms with Crippen molar-refractivity contribution in [2.24, 2.45) is 0 Å². The molecular weight excluding hydrogens is 1720 g/mol. The molecule has 0 spiro atoms. The van der Waals surface area contributed by atoms with Crippen molar-refractivity contribution in [2.45, 2.75) is 121 Å². The number of nitrogens with zero attached hydrogens (tertiary/aromatic N) is 18. The number of rotatable bonds is 18. The Hall–Kier alpha value is -15.7. The summed E-state index contributed by atoms with van der Waals surface area (Å²) in [6.07, 6.45) is -19.5. The molecule has 0 N–H and O–H groups in total. The largest absolute Gasteiger partial charge is 0.348 e. The van der Waals surface area contributed by atoms with Crippen molar-refractivity contribution < 1.29 is 123 Å². The normalized spacial score (nSPS) is 20.1. The fourth-order valence-corrected chi connectivity index (χ4v) is 12.2. The number of imidazole rings is 6. The van der Waals surface area contributed by atoms with Gasteiger partial charge in [-0.3, -0.25) is 28.8 Å². The smallest absolute Gasteiger partial charge is 0.228 e. The van der Waals surface area contributed by atoms with Crippen molar-refractivity contribution in [1.82, 2.24) is 85.7 Å². The van der Waals surface area contributed by atoms with E-state index in [4.69, 9.17) is 94.6 Å². The number of hydrogen-bond donors (Lipinski definition) is 0. The minimum Gasteiger partial charge on any atom is -0.348 e. The van der Waals surface area contributed by atoms with Gasteiger partial charge in [-0.05, 0) is 152 Å². The highest BCUT2D eigenvalue weighted by Gasteiger charge is 2.26. The number of fused-ring (bicyclic) bond motifs is 6. The highest BCUT2D eigenvalue weighted by molar-refractivity contribution is 5.87. The molecule has 12 heterocycles. The summed E-state index contributed by atoms with van der Waals surface area (Å²) in [6, 6.07) is 10.0. The monoisotopic (exact) mass is 1910 g/mol. The van der Waals surface area contributed by atoms with Crippen molar-refractivity contribution in [3.8, 4) is 67.5 Å². The predicted molar refractivity (Wildman–Crippen MR) is 555 cm³/mol. The van der Waals surface area contributed by atoms with Gasteiger partial charge in [-0.2, -0.15) is 0 Å². The van der Waals surface area contributed by atoms with Crippen LogP contribution in [0.1, 0.15) is 196 Å². The number of carbonyl (C=O) groups excluding carboxylic acids is 6. The van der Waals surface area contributed by atoms with E-state index in [0.717, 1.165) is 43.9 Å². The molecule has 0 saturated carbocycles. The zero-order valence-electron chi connectivity index (χ0n) is 144. The van der Waals surface area contributed by atoms with Gasteiger partial charge < -0.3 is 55.8 Å². The summed E-state index contributed by atoms with van der Waals surface area (Å²) >= 11 is 0. The van der Waals surface area contributed by atoms with Crippen LogP contribution in [-0.4, -0.2) is 205 Å². The first-order chi connectivity index (χ1) is 93.9. The average molecular weight is 1910 g/mol.